The minimum absolute atomic E-state index is 0.120. The zero-order chi connectivity index (χ0) is 24.0. The lowest BCUT2D eigenvalue weighted by molar-refractivity contribution is 0.664. The van der Waals surface area contributed by atoms with E-state index >= 15 is 0 Å². The van der Waals surface area contributed by atoms with Crippen LogP contribution in [0, 0.1) is 0 Å². The molecule has 1 heterocycles. The second kappa shape index (κ2) is 6.86. The normalized spacial score (nSPS) is 14.1. The Morgan fingerprint density at radius 3 is 2.06 bits per heavy atom. The highest BCUT2D eigenvalue weighted by molar-refractivity contribution is 6.27. The van der Waals surface area contributed by atoms with Gasteiger partial charge in [0.2, 0.25) is 0 Å². The first-order valence-electron chi connectivity index (χ1n) is 12.7. The van der Waals surface area contributed by atoms with Gasteiger partial charge in [-0.1, -0.05) is 117 Å². The molecule has 0 saturated heterocycles. The van der Waals surface area contributed by atoms with Gasteiger partial charge in [0, 0.05) is 21.6 Å². The molecular weight excluding hydrogens is 434 g/mol. The highest BCUT2D eigenvalue weighted by atomic mass is 15.0. The van der Waals surface area contributed by atoms with Crippen molar-refractivity contribution in [2.45, 2.75) is 19.3 Å². The third-order valence-corrected chi connectivity index (χ3v) is 8.33. The highest BCUT2D eigenvalue weighted by Crippen LogP contribution is 2.56. The van der Waals surface area contributed by atoms with E-state index in [0.717, 1.165) is 0 Å². The van der Waals surface area contributed by atoms with Gasteiger partial charge in [0.15, 0.2) is 0 Å². The van der Waals surface area contributed by atoms with Crippen molar-refractivity contribution in [1.29, 1.82) is 0 Å². The standard InChI is InChI=1S/C35H25N/c1-35(2)28-19-9-7-17-26(28)31-24-15-5-6-16-25(24)32-27-18-8-10-20-30(27)36(34(32)33(31)35)29-21-11-13-22-12-3-4-14-23(22)29/h3-21H,1-2H3. The summed E-state index contributed by atoms with van der Waals surface area (Å²) < 4.78 is 2.55. The van der Waals surface area contributed by atoms with Crippen LogP contribution in [0.1, 0.15) is 25.0 Å². The zero-order valence-electron chi connectivity index (χ0n) is 20.4. The van der Waals surface area contributed by atoms with Crippen molar-refractivity contribution in [2.24, 2.45) is 0 Å². The van der Waals surface area contributed by atoms with Gasteiger partial charge >= 0.3 is 0 Å². The lowest BCUT2D eigenvalue weighted by atomic mass is 9.80. The Morgan fingerprint density at radius 2 is 1.19 bits per heavy atom. The first kappa shape index (κ1) is 19.9. The molecule has 0 radical (unpaired) electrons. The van der Waals surface area contributed by atoms with Crippen LogP contribution >= 0.6 is 0 Å². The van der Waals surface area contributed by atoms with Crippen molar-refractivity contribution < 1.29 is 0 Å². The van der Waals surface area contributed by atoms with Crippen molar-refractivity contribution in [3.63, 3.8) is 0 Å². The smallest absolute Gasteiger partial charge is 0.0594 e. The number of hydrogen-bond acceptors (Lipinski definition) is 0. The minimum atomic E-state index is -0.120. The van der Waals surface area contributed by atoms with Crippen molar-refractivity contribution in [3.05, 3.63) is 126 Å². The first-order chi connectivity index (χ1) is 17.7. The molecule has 0 bridgehead atoms. The largest absolute Gasteiger partial charge is 0.308 e. The second-order valence-electron chi connectivity index (χ2n) is 10.5. The summed E-state index contributed by atoms with van der Waals surface area (Å²) in [7, 11) is 0. The average molecular weight is 460 g/mol. The maximum Gasteiger partial charge on any atom is 0.0594 e. The molecule has 0 unspecified atom stereocenters. The summed E-state index contributed by atoms with van der Waals surface area (Å²) in [5.41, 5.74) is 9.31. The van der Waals surface area contributed by atoms with E-state index in [0.29, 0.717) is 0 Å². The van der Waals surface area contributed by atoms with Crippen LogP contribution in [0.3, 0.4) is 0 Å². The molecule has 1 heteroatoms. The Bertz CT molecular complexity index is 2010. The number of hydrogen-bond donors (Lipinski definition) is 0. The molecule has 0 atom stereocenters. The van der Waals surface area contributed by atoms with Crippen LogP contribution in [-0.4, -0.2) is 4.57 Å². The highest BCUT2D eigenvalue weighted by Gasteiger charge is 2.40. The lowest BCUT2D eigenvalue weighted by Crippen LogP contribution is -2.16. The second-order valence-corrected chi connectivity index (χ2v) is 10.5. The van der Waals surface area contributed by atoms with Crippen LogP contribution in [-0.2, 0) is 5.41 Å². The summed E-state index contributed by atoms with van der Waals surface area (Å²) in [6.45, 7) is 4.80. The number of aromatic nitrogens is 1. The van der Waals surface area contributed by atoms with Crippen LogP contribution in [0.25, 0.3) is 60.2 Å². The van der Waals surface area contributed by atoms with E-state index in [1.165, 1.54) is 71.3 Å². The third kappa shape index (κ3) is 2.35. The Kier molecular flexibility index (Phi) is 3.79. The maximum absolute atomic E-state index is 2.55. The van der Waals surface area contributed by atoms with E-state index in [9.17, 15) is 0 Å². The van der Waals surface area contributed by atoms with Gasteiger partial charge in [0.05, 0.1) is 16.7 Å². The fraction of sp³-hybridized carbons (Fsp3) is 0.0857. The summed E-state index contributed by atoms with van der Waals surface area (Å²) >= 11 is 0. The number of benzene rings is 6. The predicted octanol–water partition coefficient (Wildman–Crippen LogP) is 9.40. The van der Waals surface area contributed by atoms with Crippen LogP contribution in [0.5, 0.6) is 0 Å². The molecule has 6 aromatic carbocycles. The third-order valence-electron chi connectivity index (χ3n) is 8.33. The van der Waals surface area contributed by atoms with Crippen LogP contribution in [0.15, 0.2) is 115 Å². The fourth-order valence-corrected chi connectivity index (χ4v) is 6.84. The zero-order valence-corrected chi connectivity index (χ0v) is 20.4. The van der Waals surface area contributed by atoms with E-state index in [2.05, 4.69) is 134 Å². The maximum atomic E-state index is 2.55. The molecule has 0 amide bonds. The summed E-state index contributed by atoms with van der Waals surface area (Å²) in [4.78, 5) is 0. The average Bonchev–Trinajstić information content (AvgIpc) is 3.38. The van der Waals surface area contributed by atoms with Gasteiger partial charge in [-0.25, -0.2) is 0 Å². The van der Waals surface area contributed by atoms with Crippen molar-refractivity contribution in [1.82, 2.24) is 4.57 Å². The molecule has 1 nitrogen and oxygen atoms in total. The molecule has 1 aliphatic rings. The lowest BCUT2D eigenvalue weighted by Gasteiger charge is -2.24. The molecule has 7 aromatic rings. The van der Waals surface area contributed by atoms with Crippen molar-refractivity contribution in [3.8, 4) is 16.8 Å². The van der Waals surface area contributed by atoms with Gasteiger partial charge in [-0.05, 0) is 50.5 Å². The molecule has 0 fully saturated rings. The summed E-state index contributed by atoms with van der Waals surface area (Å²) in [6.07, 6.45) is 0. The van der Waals surface area contributed by atoms with Crippen molar-refractivity contribution >= 4 is 43.4 Å². The fourth-order valence-electron chi connectivity index (χ4n) is 6.84. The Balaban J connectivity index is 1.71. The predicted molar refractivity (Wildman–Crippen MR) is 153 cm³/mol. The summed E-state index contributed by atoms with van der Waals surface area (Å²) in [6, 6.07) is 42.4. The Morgan fingerprint density at radius 1 is 0.556 bits per heavy atom. The first-order valence-corrected chi connectivity index (χ1v) is 12.7. The number of fused-ring (bicyclic) bond motifs is 11. The van der Waals surface area contributed by atoms with E-state index < -0.39 is 0 Å². The van der Waals surface area contributed by atoms with Crippen molar-refractivity contribution in [2.75, 3.05) is 0 Å². The molecule has 36 heavy (non-hydrogen) atoms. The Labute approximate surface area is 210 Å². The molecule has 8 rings (SSSR count). The SMILES string of the molecule is CC1(C)c2ccccc2-c2c1c1c(c3ccccc23)c2ccccc2n1-c1cccc2ccccc12. The van der Waals surface area contributed by atoms with E-state index in [1.54, 1.807) is 0 Å². The Hall–Kier alpha value is -4.36. The minimum Gasteiger partial charge on any atom is -0.308 e. The van der Waals surface area contributed by atoms with Gasteiger partial charge in [0.25, 0.3) is 0 Å². The number of para-hydroxylation sites is 1. The van der Waals surface area contributed by atoms with Gasteiger partial charge in [-0.2, -0.15) is 0 Å². The molecular formula is C35H25N. The van der Waals surface area contributed by atoms with Gasteiger partial charge < -0.3 is 4.57 Å². The van der Waals surface area contributed by atoms with E-state index in [1.807, 2.05) is 0 Å². The number of rotatable bonds is 1. The van der Waals surface area contributed by atoms with E-state index in [-0.39, 0.29) is 5.41 Å². The van der Waals surface area contributed by atoms with Gasteiger partial charge in [0.1, 0.15) is 0 Å². The molecule has 0 aliphatic heterocycles. The van der Waals surface area contributed by atoms with Gasteiger partial charge in [-0.15, -0.1) is 0 Å². The molecule has 1 aliphatic carbocycles. The molecule has 170 valence electrons. The molecule has 0 spiro atoms. The van der Waals surface area contributed by atoms with Crippen LogP contribution < -0.4 is 0 Å². The molecule has 0 N–H and O–H groups in total. The van der Waals surface area contributed by atoms with Crippen LogP contribution in [0.2, 0.25) is 0 Å². The molecule has 1 aromatic heterocycles. The topological polar surface area (TPSA) is 4.93 Å². The van der Waals surface area contributed by atoms with Crippen LogP contribution in [0.4, 0.5) is 0 Å². The molecule has 0 saturated carbocycles. The monoisotopic (exact) mass is 459 g/mol. The summed E-state index contributed by atoms with van der Waals surface area (Å²) in [5.74, 6) is 0. The van der Waals surface area contributed by atoms with Gasteiger partial charge in [-0.3, -0.25) is 0 Å². The summed E-state index contributed by atoms with van der Waals surface area (Å²) in [5, 5.41) is 7.88. The number of nitrogens with zero attached hydrogens (tertiary/aromatic N) is 1. The quantitative estimate of drug-likeness (QED) is 0.230. The van der Waals surface area contributed by atoms with E-state index in [4.69, 9.17) is 0 Å².